The Morgan fingerprint density at radius 3 is 2.59 bits per heavy atom. The van der Waals surface area contributed by atoms with Gasteiger partial charge in [-0.25, -0.2) is 4.79 Å². The lowest BCUT2D eigenvalue weighted by molar-refractivity contribution is -0.385. The number of benzene rings is 1. The number of nitro benzene ring substituents is 1. The van der Waals surface area contributed by atoms with Crippen LogP contribution in [0.25, 0.3) is 0 Å². The van der Waals surface area contributed by atoms with Crippen molar-refractivity contribution < 1.29 is 29.2 Å². The van der Waals surface area contributed by atoms with E-state index < -0.39 is 40.9 Å². The Hall–Kier alpha value is -2.57. The molecule has 1 atom stereocenters. The highest BCUT2D eigenvalue weighted by Gasteiger charge is 2.42. The molecule has 1 unspecified atom stereocenters. The number of piperidine rings is 1. The predicted octanol–water partition coefficient (Wildman–Crippen LogP) is -0.141. The van der Waals surface area contributed by atoms with Gasteiger partial charge in [-0.1, -0.05) is 0 Å². The number of hydrogen-bond donors (Lipinski definition) is 4. The second-order valence-corrected chi connectivity index (χ2v) is 7.30. The van der Waals surface area contributed by atoms with Crippen molar-refractivity contribution in [2.24, 2.45) is 0 Å². The molecule has 0 spiro atoms. The van der Waals surface area contributed by atoms with Crippen LogP contribution in [0, 0.1) is 10.1 Å². The quantitative estimate of drug-likeness (QED) is 0.242. The molecule has 1 aromatic rings. The standard InChI is InChI=1S/C17H21BrN4O7/c1-29-15(25)12(9-23)20-16(26)17(4-6-19-7-5-17)21-14(24)10-2-3-11(18)13(8-10)22(27)28/h2-3,8,12,19,23H,4-7,9H2,1H3,(H,20,26)(H,21,24). The lowest BCUT2D eigenvalue weighted by atomic mass is 9.86. The van der Waals surface area contributed by atoms with Crippen molar-refractivity contribution in [2.45, 2.75) is 24.4 Å². The zero-order valence-corrected chi connectivity index (χ0v) is 17.2. The van der Waals surface area contributed by atoms with E-state index in [0.29, 0.717) is 13.1 Å². The number of methoxy groups -OCH3 is 1. The molecule has 0 aromatic heterocycles. The van der Waals surface area contributed by atoms with Gasteiger partial charge in [-0.2, -0.15) is 0 Å². The maximum Gasteiger partial charge on any atom is 0.330 e. The molecule has 158 valence electrons. The maximum absolute atomic E-state index is 12.9. The molecule has 1 saturated heterocycles. The number of nitrogens with one attached hydrogen (secondary N) is 3. The van der Waals surface area contributed by atoms with E-state index >= 15 is 0 Å². The van der Waals surface area contributed by atoms with Crippen LogP contribution < -0.4 is 16.0 Å². The molecule has 4 N–H and O–H groups in total. The van der Waals surface area contributed by atoms with Crippen LogP contribution in [0.2, 0.25) is 0 Å². The number of carbonyl (C=O) groups is 3. The Kier molecular flexibility index (Phi) is 7.65. The van der Waals surface area contributed by atoms with Gasteiger partial charge in [0.2, 0.25) is 5.91 Å². The Morgan fingerprint density at radius 1 is 1.38 bits per heavy atom. The van der Waals surface area contributed by atoms with Gasteiger partial charge in [-0.15, -0.1) is 0 Å². The molecular weight excluding hydrogens is 452 g/mol. The summed E-state index contributed by atoms with van der Waals surface area (Å²) >= 11 is 3.05. The number of ether oxygens (including phenoxy) is 1. The lowest BCUT2D eigenvalue weighted by Crippen LogP contribution is -2.65. The van der Waals surface area contributed by atoms with Crippen LogP contribution in [0.3, 0.4) is 0 Å². The van der Waals surface area contributed by atoms with Crippen LogP contribution in [-0.4, -0.2) is 66.2 Å². The predicted molar refractivity (Wildman–Crippen MR) is 104 cm³/mol. The summed E-state index contributed by atoms with van der Waals surface area (Å²) in [5.41, 5.74) is -1.63. The van der Waals surface area contributed by atoms with Gasteiger partial charge >= 0.3 is 5.97 Å². The second-order valence-electron chi connectivity index (χ2n) is 6.44. The summed E-state index contributed by atoms with van der Waals surface area (Å²) in [5, 5.41) is 28.6. The van der Waals surface area contributed by atoms with Crippen molar-refractivity contribution in [3.8, 4) is 0 Å². The molecular formula is C17H21BrN4O7. The first-order valence-electron chi connectivity index (χ1n) is 8.71. The fraction of sp³-hybridized carbons (Fsp3) is 0.471. The van der Waals surface area contributed by atoms with Crippen LogP contribution in [0.4, 0.5) is 5.69 Å². The molecule has 2 rings (SSSR count). The number of nitro groups is 1. The number of esters is 1. The zero-order valence-electron chi connectivity index (χ0n) is 15.6. The number of aliphatic hydroxyl groups excluding tert-OH is 1. The van der Waals surface area contributed by atoms with E-state index in [9.17, 15) is 29.6 Å². The summed E-state index contributed by atoms with van der Waals surface area (Å²) in [5.74, 6) is -2.14. The number of carbonyl (C=O) groups excluding carboxylic acids is 3. The monoisotopic (exact) mass is 472 g/mol. The molecule has 0 aliphatic carbocycles. The van der Waals surface area contributed by atoms with Gasteiger partial charge < -0.3 is 25.8 Å². The van der Waals surface area contributed by atoms with Gasteiger partial charge in [-0.05, 0) is 54.0 Å². The van der Waals surface area contributed by atoms with Gasteiger partial charge in [0.1, 0.15) is 5.54 Å². The minimum Gasteiger partial charge on any atom is -0.467 e. The topological polar surface area (TPSA) is 160 Å². The van der Waals surface area contributed by atoms with Crippen LogP contribution in [0.15, 0.2) is 22.7 Å². The van der Waals surface area contributed by atoms with E-state index in [1.807, 2.05) is 0 Å². The van der Waals surface area contributed by atoms with E-state index in [2.05, 4.69) is 36.6 Å². The molecule has 1 fully saturated rings. The molecule has 1 aliphatic heterocycles. The minimum absolute atomic E-state index is 0.0114. The Bertz CT molecular complexity index is 811. The maximum atomic E-state index is 12.9. The first kappa shape index (κ1) is 22.7. The minimum atomic E-state index is -1.36. The molecule has 0 radical (unpaired) electrons. The zero-order chi connectivity index (χ0) is 21.6. The van der Waals surface area contributed by atoms with Crippen molar-refractivity contribution in [1.29, 1.82) is 0 Å². The molecule has 0 saturated carbocycles. The summed E-state index contributed by atoms with van der Waals surface area (Å²) in [6, 6.07) is 2.60. The molecule has 11 nitrogen and oxygen atoms in total. The third-order valence-electron chi connectivity index (χ3n) is 4.62. The molecule has 29 heavy (non-hydrogen) atoms. The number of hydrogen-bond acceptors (Lipinski definition) is 8. The van der Waals surface area contributed by atoms with Crippen LogP contribution in [0.1, 0.15) is 23.2 Å². The summed E-state index contributed by atoms with van der Waals surface area (Å²) in [4.78, 5) is 47.8. The number of amides is 2. The van der Waals surface area contributed by atoms with Crippen LogP contribution >= 0.6 is 15.9 Å². The number of halogens is 1. The average Bonchev–Trinajstić information content (AvgIpc) is 2.71. The summed E-state index contributed by atoms with van der Waals surface area (Å²) in [6.07, 6.45) is 0.449. The molecule has 12 heteroatoms. The summed E-state index contributed by atoms with van der Waals surface area (Å²) < 4.78 is 4.76. The van der Waals surface area contributed by atoms with Crippen molar-refractivity contribution in [3.63, 3.8) is 0 Å². The number of rotatable bonds is 7. The number of nitrogens with zero attached hydrogens (tertiary/aromatic N) is 1. The van der Waals surface area contributed by atoms with Gasteiger partial charge in [-0.3, -0.25) is 19.7 Å². The molecule has 2 amide bonds. The van der Waals surface area contributed by atoms with Gasteiger partial charge in [0.05, 0.1) is 23.1 Å². The van der Waals surface area contributed by atoms with Crippen molar-refractivity contribution in [2.75, 3.05) is 26.8 Å². The summed E-state index contributed by atoms with van der Waals surface area (Å²) in [7, 11) is 1.12. The van der Waals surface area contributed by atoms with Crippen LogP contribution in [0.5, 0.6) is 0 Å². The van der Waals surface area contributed by atoms with Crippen molar-refractivity contribution >= 4 is 39.4 Å². The average molecular weight is 473 g/mol. The first-order valence-corrected chi connectivity index (χ1v) is 9.50. The van der Waals surface area contributed by atoms with E-state index in [1.165, 1.54) is 12.1 Å². The van der Waals surface area contributed by atoms with E-state index in [-0.39, 0.29) is 28.6 Å². The molecule has 1 aliphatic rings. The number of aliphatic hydroxyl groups is 1. The van der Waals surface area contributed by atoms with Gasteiger partial charge in [0.15, 0.2) is 6.04 Å². The van der Waals surface area contributed by atoms with Crippen molar-refractivity contribution in [1.82, 2.24) is 16.0 Å². The normalized spacial score (nSPS) is 16.4. The fourth-order valence-electron chi connectivity index (χ4n) is 2.96. The highest BCUT2D eigenvalue weighted by atomic mass is 79.9. The van der Waals surface area contributed by atoms with Crippen molar-refractivity contribution in [3.05, 3.63) is 38.3 Å². The smallest absolute Gasteiger partial charge is 0.330 e. The molecule has 0 bridgehead atoms. The Balaban J connectivity index is 2.27. The van der Waals surface area contributed by atoms with E-state index in [4.69, 9.17) is 0 Å². The highest BCUT2D eigenvalue weighted by Crippen LogP contribution is 2.26. The fourth-order valence-corrected chi connectivity index (χ4v) is 3.35. The SMILES string of the molecule is COC(=O)C(CO)NC(=O)C1(NC(=O)c2ccc(Br)c([N+](=O)[O-])c2)CCNCC1. The third-order valence-corrected chi connectivity index (χ3v) is 5.29. The lowest BCUT2D eigenvalue weighted by Gasteiger charge is -2.37. The molecule has 1 aromatic carbocycles. The molecule has 1 heterocycles. The largest absolute Gasteiger partial charge is 0.467 e. The Morgan fingerprint density at radius 2 is 2.03 bits per heavy atom. The summed E-state index contributed by atoms with van der Waals surface area (Å²) in [6.45, 7) is 0.187. The van der Waals surface area contributed by atoms with E-state index in [1.54, 1.807) is 0 Å². The first-order chi connectivity index (χ1) is 13.7. The Labute approximate surface area is 174 Å². The van der Waals surface area contributed by atoms with Crippen LogP contribution in [-0.2, 0) is 14.3 Å². The van der Waals surface area contributed by atoms with Gasteiger partial charge in [0.25, 0.3) is 11.6 Å². The van der Waals surface area contributed by atoms with E-state index in [0.717, 1.165) is 13.2 Å². The third kappa shape index (κ3) is 5.28. The highest BCUT2D eigenvalue weighted by molar-refractivity contribution is 9.10. The second kappa shape index (κ2) is 9.76. The van der Waals surface area contributed by atoms with Gasteiger partial charge in [0, 0.05) is 11.6 Å².